The monoisotopic (exact) mass is 1230 g/mol. The summed E-state index contributed by atoms with van der Waals surface area (Å²) in [6.07, 6.45) is 8.12. The summed E-state index contributed by atoms with van der Waals surface area (Å²) in [7, 11) is 7.08. The Morgan fingerprint density at radius 1 is 0.644 bits per heavy atom. The predicted molar refractivity (Wildman–Crippen MR) is 336 cm³/mol. The number of hydrogen-bond donors (Lipinski definition) is 3. The number of nitrogens with one attached hydrogen (secondary N) is 2. The van der Waals surface area contributed by atoms with Crippen LogP contribution in [0.3, 0.4) is 0 Å². The van der Waals surface area contributed by atoms with Gasteiger partial charge in [0.05, 0.1) is 66.9 Å². The number of aromatic nitrogens is 8. The number of likely N-dealkylation sites (tertiary alicyclic amines) is 2. The molecule has 4 saturated carbocycles. The number of aliphatic hydroxyl groups excluding tert-OH is 1. The van der Waals surface area contributed by atoms with E-state index in [9.17, 15) is 29.1 Å². The van der Waals surface area contributed by atoms with Crippen molar-refractivity contribution in [2.24, 2.45) is 37.8 Å². The van der Waals surface area contributed by atoms with E-state index < -0.39 is 59.7 Å². The molecule has 8 atom stereocenters. The quantitative estimate of drug-likeness (QED) is 0.0522. The van der Waals surface area contributed by atoms with E-state index in [1.54, 1.807) is 89.8 Å². The number of amides is 4. The van der Waals surface area contributed by atoms with E-state index in [1.807, 2.05) is 47.8 Å². The smallest absolute Gasteiger partial charge is 0.407 e. The fraction of sp³-hybridized carbons (Fsp3) is 0.478. The molecule has 4 aliphatic carbocycles. The van der Waals surface area contributed by atoms with Crippen LogP contribution in [0, 0.1) is 23.7 Å². The van der Waals surface area contributed by atoms with Gasteiger partial charge in [-0.2, -0.15) is 0 Å². The van der Waals surface area contributed by atoms with Crippen molar-refractivity contribution in [2.75, 3.05) is 27.3 Å². The first-order valence-corrected chi connectivity index (χ1v) is 31.1. The van der Waals surface area contributed by atoms with Crippen LogP contribution >= 0.6 is 0 Å². The second kappa shape index (κ2) is 22.8. The average Bonchev–Trinajstić information content (AvgIpc) is 1.64. The fourth-order valence-corrected chi connectivity index (χ4v) is 14.2. The molecule has 2 saturated heterocycles. The van der Waals surface area contributed by atoms with Gasteiger partial charge in [-0.3, -0.25) is 9.59 Å². The lowest BCUT2D eigenvalue weighted by Gasteiger charge is -2.33. The zero-order valence-electron chi connectivity index (χ0n) is 52.6. The Morgan fingerprint density at radius 3 is 1.52 bits per heavy atom. The molecule has 6 aliphatic rings. The second-order valence-electron chi connectivity index (χ2n) is 27.1. The molecule has 8 heterocycles. The summed E-state index contributed by atoms with van der Waals surface area (Å²) >= 11 is 0. The summed E-state index contributed by atoms with van der Waals surface area (Å²) in [5.41, 5.74) is 6.08. The minimum absolute atomic E-state index is 0.0643. The number of rotatable bonds is 14. The molecule has 4 bridgehead atoms. The van der Waals surface area contributed by atoms with Crippen molar-refractivity contribution in [3.8, 4) is 34.5 Å². The van der Waals surface area contributed by atoms with Gasteiger partial charge in [0.2, 0.25) is 0 Å². The van der Waals surface area contributed by atoms with Gasteiger partial charge in [-0.15, -0.1) is 0 Å². The van der Waals surface area contributed by atoms with Crippen LogP contribution in [-0.4, -0.2) is 158 Å². The minimum Gasteiger partial charge on any atom is -0.494 e. The molecular weight excluding hydrogens is 1150 g/mol. The highest BCUT2D eigenvalue weighted by atomic mass is 16.6. The van der Waals surface area contributed by atoms with E-state index in [0.29, 0.717) is 71.4 Å². The highest BCUT2D eigenvalue weighted by molar-refractivity contribution is 6.02. The third-order valence-corrected chi connectivity index (χ3v) is 18.4. The van der Waals surface area contributed by atoms with Gasteiger partial charge in [-0.1, -0.05) is 6.58 Å². The summed E-state index contributed by atoms with van der Waals surface area (Å²) < 4.78 is 36.8. The topological polar surface area (TPSA) is 254 Å². The summed E-state index contributed by atoms with van der Waals surface area (Å²) in [5.74, 6) is 2.56. The molecule has 0 unspecified atom stereocenters. The van der Waals surface area contributed by atoms with Gasteiger partial charge in [0.1, 0.15) is 51.1 Å². The van der Waals surface area contributed by atoms with E-state index in [4.69, 9.17) is 33.7 Å². The number of hydrogen-bond acceptors (Lipinski definition) is 15. The van der Waals surface area contributed by atoms with Crippen molar-refractivity contribution >= 4 is 74.1 Å². The van der Waals surface area contributed by atoms with Gasteiger partial charge in [-0.25, -0.2) is 34.3 Å². The zero-order chi connectivity index (χ0) is 63.4. The normalized spacial score (nSPS) is 22.7. The number of nitrogens with zero attached hydrogens (tertiary/aromatic N) is 10. The molecule has 4 amide bonds. The Bertz CT molecular complexity index is 4200. The van der Waals surface area contributed by atoms with Gasteiger partial charge >= 0.3 is 18.2 Å². The molecule has 0 radical (unpaired) electrons. The first-order valence-electron chi connectivity index (χ1n) is 31.1. The molecule has 23 heteroatoms. The summed E-state index contributed by atoms with van der Waals surface area (Å²) in [5, 5.41) is 18.8. The van der Waals surface area contributed by atoms with Crippen molar-refractivity contribution in [3.63, 3.8) is 0 Å². The first kappa shape index (κ1) is 59.9. The molecule has 23 nitrogen and oxygen atoms in total. The number of esters is 1. The molecule has 14 rings (SSSR count). The number of piperidine rings is 2. The average molecular weight is 1230 g/mol. The Labute approximate surface area is 520 Å². The van der Waals surface area contributed by atoms with Crippen molar-refractivity contribution in [1.82, 2.24) is 58.6 Å². The molecule has 0 spiro atoms. The van der Waals surface area contributed by atoms with Crippen LogP contribution in [0.4, 0.5) is 9.59 Å². The molecule has 6 fully saturated rings. The highest BCUT2D eigenvalue weighted by Gasteiger charge is 2.57. The van der Waals surface area contributed by atoms with Gasteiger partial charge < -0.3 is 67.5 Å². The summed E-state index contributed by atoms with van der Waals surface area (Å²) in [6, 6.07) is 17.3. The number of benzene rings is 2. The standard InChI is InChI=1S/C35H40N6O6.C32H38N6O5/c1-7-27(42)46-26-16-22-18-41(30(26)28(22)38-34(44)47-35(2,3)4)33(43)21-13-23-29(25(15-21)45-6)39(5)32(37-23)24-14-20-9-8-12-36-31(20)40(24)17-19-10-11-19;1-32(2,3)43-31(41)35-25-20-13-23(39)27(25)38(16-20)30(40)19-11-21-26(24(14-19)42-5)36(4)29(34-21)22-12-18-7-6-10-33-28(18)37(22)15-17-8-9-17/h7-9,12-15,19,22,26,28,30H,1,10-11,16-18H2,2-6H3,(H,38,44);6-7,10-12,14,17,20,23,25,27,39H,8-9,13,15-16H2,1-5H3,(H,35,41)/t22-,26+,28-,30-;20-,23+,25-,27-/m11/s1. The van der Waals surface area contributed by atoms with Gasteiger partial charge in [-0.05, 0) is 153 Å². The maximum atomic E-state index is 14.3. The van der Waals surface area contributed by atoms with Crippen molar-refractivity contribution in [1.29, 1.82) is 0 Å². The van der Waals surface area contributed by atoms with E-state index >= 15 is 0 Å². The maximum Gasteiger partial charge on any atom is 0.407 e. The van der Waals surface area contributed by atoms with Crippen LogP contribution < -0.4 is 20.1 Å². The lowest BCUT2D eigenvalue weighted by atomic mass is 10.1. The number of pyridine rings is 2. The van der Waals surface area contributed by atoms with Crippen LogP contribution in [-0.2, 0) is 46.2 Å². The zero-order valence-corrected chi connectivity index (χ0v) is 52.6. The van der Waals surface area contributed by atoms with E-state index in [1.165, 1.54) is 25.7 Å². The van der Waals surface area contributed by atoms with Gasteiger partial charge in [0, 0.05) is 92.5 Å². The number of ether oxygens (including phenoxy) is 5. The SMILES string of the molecule is C=CC(=O)O[C@H]1C[C@@H]2CN(C(=O)c3cc(OC)c4c(c3)nc(-c3cc5cccnc5n3CC3CC3)n4C)[C@H]1[C@@H]2NC(=O)OC(C)(C)C.COc1cc(C(=O)N2C[C@H]3C[C@H](O)[C@@H]2[C@@H]3NC(=O)OC(C)(C)C)cc2nc(-c3cc4cccnc4n3CC3CC3)n(C)c12. The number of carbonyl (C=O) groups excluding carboxylic acids is 5. The van der Waals surface area contributed by atoms with Crippen LogP contribution in [0.1, 0.15) is 101 Å². The number of carbonyl (C=O) groups is 5. The predicted octanol–water partition coefficient (Wildman–Crippen LogP) is 8.95. The highest BCUT2D eigenvalue weighted by Crippen LogP contribution is 2.45. The maximum absolute atomic E-state index is 14.3. The number of fused-ring (bicyclic) bond motifs is 8. The summed E-state index contributed by atoms with van der Waals surface area (Å²) in [4.78, 5) is 88.7. The fourth-order valence-electron chi connectivity index (χ4n) is 14.2. The molecule has 90 heavy (non-hydrogen) atoms. The molecule has 472 valence electrons. The van der Waals surface area contributed by atoms with Crippen molar-refractivity contribution in [2.45, 2.75) is 141 Å². The third kappa shape index (κ3) is 11.2. The van der Waals surface area contributed by atoms with E-state index in [-0.39, 0.29) is 29.7 Å². The largest absolute Gasteiger partial charge is 0.494 e. The van der Waals surface area contributed by atoms with E-state index in [0.717, 1.165) is 75.3 Å². The second-order valence-corrected chi connectivity index (χ2v) is 27.1. The first-order chi connectivity index (χ1) is 43.0. The number of methoxy groups -OCH3 is 2. The van der Waals surface area contributed by atoms with Crippen LogP contribution in [0.5, 0.6) is 11.5 Å². The lowest BCUT2D eigenvalue weighted by molar-refractivity contribution is -0.145. The number of aliphatic hydroxyl groups is 1. The van der Waals surface area contributed by atoms with Crippen LogP contribution in [0.2, 0.25) is 0 Å². The Morgan fingerprint density at radius 2 is 1.09 bits per heavy atom. The van der Waals surface area contributed by atoms with Gasteiger partial charge in [0.15, 0.2) is 11.6 Å². The van der Waals surface area contributed by atoms with Crippen molar-refractivity contribution < 1.29 is 52.8 Å². The summed E-state index contributed by atoms with van der Waals surface area (Å²) in [6.45, 7) is 16.9. The Balaban J connectivity index is 0.000000166. The third-order valence-electron chi connectivity index (χ3n) is 18.4. The van der Waals surface area contributed by atoms with Crippen LogP contribution in [0.25, 0.3) is 67.2 Å². The van der Waals surface area contributed by atoms with Crippen molar-refractivity contribution in [3.05, 3.63) is 96.8 Å². The molecular formula is C67H78N12O11. The Hall–Kier alpha value is -8.99. The lowest BCUT2D eigenvalue weighted by Crippen LogP contribution is -2.52. The van der Waals surface area contributed by atoms with Gasteiger partial charge in [0.25, 0.3) is 11.8 Å². The van der Waals surface area contributed by atoms with E-state index in [2.05, 4.69) is 60.6 Å². The molecule has 2 aliphatic heterocycles. The molecule has 3 N–H and O–H groups in total. The minimum atomic E-state index is -0.739. The molecule has 8 aromatic rings. The molecule has 2 aromatic carbocycles. The molecule has 6 aromatic heterocycles. The van der Waals surface area contributed by atoms with Crippen LogP contribution in [0.15, 0.2) is 85.7 Å². The number of aryl methyl sites for hydroxylation is 2. The number of alkyl carbamates (subject to hydrolysis) is 2. The Kier molecular flexibility index (Phi) is 15.2. The number of imidazole rings is 2.